The van der Waals surface area contributed by atoms with Crippen molar-refractivity contribution in [2.75, 3.05) is 20.2 Å². The van der Waals surface area contributed by atoms with Crippen molar-refractivity contribution < 1.29 is 19.2 Å². The lowest BCUT2D eigenvalue weighted by Gasteiger charge is -2.45. The number of aryl methyl sites for hydroxylation is 2. The van der Waals surface area contributed by atoms with Gasteiger partial charge < -0.3 is 4.74 Å². The van der Waals surface area contributed by atoms with Crippen LogP contribution in [0, 0.1) is 19.8 Å². The Morgan fingerprint density at radius 1 is 1.11 bits per heavy atom. The zero-order valence-corrected chi connectivity index (χ0v) is 22.2. The molecule has 1 aromatic heterocycles. The molecule has 2 aliphatic rings. The number of esters is 1. The standard InChI is InChI=1S/C29H36N4O4/c1-5-32-21(3)25(20(2)30-32)18-31-14-12-29(13-15-31)26(28(35)36-4)17-27(34)33(29)37-19-22-10-11-23-8-6-7-9-24(23)16-22/h6-11,16,26H,5,12-15,17-19H2,1-4H3. The van der Waals surface area contributed by atoms with E-state index in [0.717, 1.165) is 48.2 Å². The van der Waals surface area contributed by atoms with E-state index in [9.17, 15) is 9.59 Å². The molecule has 1 atom stereocenters. The van der Waals surface area contributed by atoms with Crippen LogP contribution in [-0.2, 0) is 38.9 Å². The van der Waals surface area contributed by atoms with Gasteiger partial charge in [-0.25, -0.2) is 5.06 Å². The molecule has 8 nitrogen and oxygen atoms in total. The van der Waals surface area contributed by atoms with Gasteiger partial charge in [0, 0.05) is 43.9 Å². The number of carbonyl (C=O) groups excluding carboxylic acids is 2. The molecule has 0 aliphatic carbocycles. The van der Waals surface area contributed by atoms with Crippen LogP contribution >= 0.6 is 0 Å². The van der Waals surface area contributed by atoms with Gasteiger partial charge in [-0.05, 0) is 56.0 Å². The summed E-state index contributed by atoms with van der Waals surface area (Å²) in [4.78, 5) is 34.6. The maximum absolute atomic E-state index is 13.2. The van der Waals surface area contributed by atoms with E-state index in [-0.39, 0.29) is 24.9 Å². The second kappa shape index (κ2) is 10.3. The fourth-order valence-corrected chi connectivity index (χ4v) is 6.09. The molecule has 2 fully saturated rings. The number of benzene rings is 2. The van der Waals surface area contributed by atoms with Gasteiger partial charge in [-0.15, -0.1) is 0 Å². The number of ether oxygens (including phenoxy) is 1. The highest BCUT2D eigenvalue weighted by molar-refractivity contribution is 5.88. The summed E-state index contributed by atoms with van der Waals surface area (Å²) in [7, 11) is 1.39. The SMILES string of the molecule is CCn1nc(C)c(CN2CCC3(CC2)C(C(=O)OC)CC(=O)N3OCc2ccc3ccccc3c2)c1C. The van der Waals surface area contributed by atoms with E-state index in [1.165, 1.54) is 23.4 Å². The van der Waals surface area contributed by atoms with E-state index in [4.69, 9.17) is 9.57 Å². The Morgan fingerprint density at radius 3 is 2.51 bits per heavy atom. The molecule has 2 aromatic carbocycles. The van der Waals surface area contributed by atoms with Gasteiger partial charge in [0.25, 0.3) is 0 Å². The predicted molar refractivity (Wildman–Crippen MR) is 140 cm³/mol. The van der Waals surface area contributed by atoms with Crippen molar-refractivity contribution in [2.45, 2.75) is 65.3 Å². The van der Waals surface area contributed by atoms with Crippen LogP contribution in [0.2, 0.25) is 0 Å². The monoisotopic (exact) mass is 504 g/mol. The van der Waals surface area contributed by atoms with E-state index in [2.05, 4.69) is 55.0 Å². The third-order valence-electron chi connectivity index (χ3n) is 8.25. The topological polar surface area (TPSA) is 76.9 Å². The summed E-state index contributed by atoms with van der Waals surface area (Å²) >= 11 is 0. The highest BCUT2D eigenvalue weighted by Gasteiger charge is 2.58. The smallest absolute Gasteiger partial charge is 0.311 e. The van der Waals surface area contributed by atoms with Crippen molar-refractivity contribution in [3.63, 3.8) is 0 Å². The molecule has 0 bridgehead atoms. The number of amides is 1. The first-order valence-electron chi connectivity index (χ1n) is 13.1. The summed E-state index contributed by atoms with van der Waals surface area (Å²) in [5.41, 5.74) is 3.80. The Hall–Kier alpha value is -3.23. The van der Waals surface area contributed by atoms with E-state index in [1.807, 2.05) is 22.9 Å². The first-order valence-corrected chi connectivity index (χ1v) is 13.1. The summed E-state index contributed by atoms with van der Waals surface area (Å²) in [5, 5.41) is 8.47. The van der Waals surface area contributed by atoms with Crippen LogP contribution in [-0.4, -0.2) is 57.4 Å². The summed E-state index contributed by atoms with van der Waals surface area (Å²) < 4.78 is 7.18. The number of methoxy groups -OCH3 is 1. The molecule has 1 unspecified atom stereocenters. The molecule has 1 amide bonds. The number of rotatable bonds is 7. The molecular weight excluding hydrogens is 468 g/mol. The van der Waals surface area contributed by atoms with Crippen LogP contribution in [0.5, 0.6) is 0 Å². The van der Waals surface area contributed by atoms with Crippen LogP contribution in [0.15, 0.2) is 42.5 Å². The maximum atomic E-state index is 13.2. The van der Waals surface area contributed by atoms with E-state index < -0.39 is 11.5 Å². The average molecular weight is 505 g/mol. The molecule has 196 valence electrons. The number of carbonyl (C=O) groups is 2. The number of fused-ring (bicyclic) bond motifs is 1. The fourth-order valence-electron chi connectivity index (χ4n) is 6.09. The lowest BCUT2D eigenvalue weighted by Crippen LogP contribution is -2.57. The van der Waals surface area contributed by atoms with Crippen LogP contribution in [0.25, 0.3) is 10.8 Å². The van der Waals surface area contributed by atoms with Crippen molar-refractivity contribution in [1.82, 2.24) is 19.7 Å². The molecule has 8 heteroatoms. The third-order valence-corrected chi connectivity index (χ3v) is 8.25. The van der Waals surface area contributed by atoms with Gasteiger partial charge in [0.2, 0.25) is 5.91 Å². The minimum absolute atomic E-state index is 0.117. The Balaban J connectivity index is 1.34. The second-order valence-electron chi connectivity index (χ2n) is 10.3. The lowest BCUT2D eigenvalue weighted by molar-refractivity contribution is -0.229. The minimum atomic E-state index is -0.699. The van der Waals surface area contributed by atoms with Crippen LogP contribution in [0.4, 0.5) is 0 Å². The number of piperidine rings is 1. The fraction of sp³-hybridized carbons (Fsp3) is 0.483. The van der Waals surface area contributed by atoms with Crippen molar-refractivity contribution in [3.8, 4) is 0 Å². The zero-order valence-electron chi connectivity index (χ0n) is 22.2. The molecule has 1 spiro atoms. The van der Waals surface area contributed by atoms with Gasteiger partial charge in [-0.2, -0.15) is 5.10 Å². The first kappa shape index (κ1) is 25.4. The van der Waals surface area contributed by atoms with Crippen LogP contribution in [0.1, 0.15) is 48.7 Å². The molecule has 0 N–H and O–H groups in total. The number of hydrogen-bond acceptors (Lipinski definition) is 6. The Labute approximate surface area is 218 Å². The Bertz CT molecular complexity index is 1310. The number of hydrogen-bond donors (Lipinski definition) is 0. The van der Waals surface area contributed by atoms with Crippen molar-refractivity contribution in [1.29, 1.82) is 0 Å². The third kappa shape index (κ3) is 4.64. The van der Waals surface area contributed by atoms with Gasteiger partial charge >= 0.3 is 5.97 Å². The summed E-state index contributed by atoms with van der Waals surface area (Å²) in [6.07, 6.45) is 1.42. The number of nitrogens with zero attached hydrogens (tertiary/aromatic N) is 4. The second-order valence-corrected chi connectivity index (χ2v) is 10.3. The maximum Gasteiger partial charge on any atom is 0.311 e. The van der Waals surface area contributed by atoms with E-state index in [0.29, 0.717) is 12.8 Å². The molecule has 2 aliphatic heterocycles. The van der Waals surface area contributed by atoms with Gasteiger partial charge in [-0.1, -0.05) is 36.4 Å². The molecule has 0 saturated carbocycles. The summed E-state index contributed by atoms with van der Waals surface area (Å²) in [6, 6.07) is 14.3. The quantitative estimate of drug-likeness (QED) is 0.450. The Morgan fingerprint density at radius 2 is 1.84 bits per heavy atom. The largest absolute Gasteiger partial charge is 0.469 e. The molecular formula is C29H36N4O4. The zero-order chi connectivity index (χ0) is 26.2. The predicted octanol–water partition coefficient (Wildman–Crippen LogP) is 4.16. The number of hydroxylamine groups is 2. The van der Waals surface area contributed by atoms with Crippen molar-refractivity contribution in [3.05, 3.63) is 65.0 Å². The van der Waals surface area contributed by atoms with Gasteiger partial charge in [0.1, 0.15) is 6.61 Å². The van der Waals surface area contributed by atoms with Crippen LogP contribution in [0.3, 0.4) is 0 Å². The van der Waals surface area contributed by atoms with E-state index >= 15 is 0 Å². The van der Waals surface area contributed by atoms with Gasteiger partial charge in [0.15, 0.2) is 0 Å². The molecule has 2 saturated heterocycles. The minimum Gasteiger partial charge on any atom is -0.469 e. The summed E-state index contributed by atoms with van der Waals surface area (Å²) in [5.74, 6) is -1.02. The first-order chi connectivity index (χ1) is 17.9. The number of likely N-dealkylation sites (tertiary alicyclic amines) is 1. The number of aromatic nitrogens is 2. The summed E-state index contributed by atoms with van der Waals surface area (Å²) in [6.45, 7) is 9.72. The normalized spacial score (nSPS) is 19.7. The van der Waals surface area contributed by atoms with Gasteiger partial charge in [-0.3, -0.25) is 24.0 Å². The molecule has 0 radical (unpaired) electrons. The Kier molecular flexibility index (Phi) is 7.05. The van der Waals surface area contributed by atoms with Crippen molar-refractivity contribution >= 4 is 22.6 Å². The van der Waals surface area contributed by atoms with Gasteiger partial charge in [0.05, 0.1) is 24.3 Å². The van der Waals surface area contributed by atoms with Crippen molar-refractivity contribution in [2.24, 2.45) is 5.92 Å². The molecule has 5 rings (SSSR count). The molecule has 3 heterocycles. The lowest BCUT2D eigenvalue weighted by atomic mass is 9.77. The molecule has 3 aromatic rings. The van der Waals surface area contributed by atoms with Crippen LogP contribution < -0.4 is 0 Å². The average Bonchev–Trinajstić information content (AvgIpc) is 3.35. The highest BCUT2D eigenvalue weighted by atomic mass is 16.7. The van der Waals surface area contributed by atoms with E-state index in [1.54, 1.807) is 0 Å². The highest BCUT2D eigenvalue weighted by Crippen LogP contribution is 2.45. The molecule has 37 heavy (non-hydrogen) atoms.